The molecule has 1 aromatic rings. The van der Waals surface area contributed by atoms with Gasteiger partial charge in [-0.05, 0) is 12.1 Å². The number of benzene rings is 1. The Bertz CT molecular complexity index is 296. The number of aromatic hydroxyl groups is 1. The number of halogens is 1. The van der Waals surface area contributed by atoms with Crippen LogP contribution in [0.4, 0.5) is 0 Å². The number of hydrogen-bond acceptors (Lipinski definition) is 3. The molecule has 0 spiro atoms. The quantitative estimate of drug-likeness (QED) is 0.538. The average Bonchev–Trinajstić information content (AvgIpc) is 2.04. The van der Waals surface area contributed by atoms with Gasteiger partial charge in [0.25, 0.3) is 0 Å². The van der Waals surface area contributed by atoms with Crippen LogP contribution in [0.5, 0.6) is 5.75 Å². The van der Waals surface area contributed by atoms with Crippen molar-refractivity contribution < 1.29 is 15.0 Å². The number of alkyl halides is 1. The van der Waals surface area contributed by atoms with Crippen molar-refractivity contribution in [3.05, 3.63) is 29.8 Å². The summed E-state index contributed by atoms with van der Waals surface area (Å²) in [6.07, 6.45) is 0. The van der Waals surface area contributed by atoms with Gasteiger partial charge in [-0.25, -0.2) is 0 Å². The van der Waals surface area contributed by atoms with E-state index in [2.05, 4.69) is 0 Å². The van der Waals surface area contributed by atoms with Crippen molar-refractivity contribution in [3.8, 4) is 5.75 Å². The summed E-state index contributed by atoms with van der Waals surface area (Å²) in [5, 5.41) is 17.8. The Morgan fingerprint density at radius 3 is 2.50 bits per heavy atom. The van der Waals surface area contributed by atoms with E-state index in [9.17, 15) is 4.79 Å². The molecule has 12 heavy (non-hydrogen) atoms. The first-order chi connectivity index (χ1) is 5.63. The highest BCUT2D eigenvalue weighted by molar-refractivity contribution is 6.32. The lowest BCUT2D eigenvalue weighted by Gasteiger charge is -2.02. The molecule has 0 aliphatic rings. The minimum Gasteiger partial charge on any atom is -0.507 e. The molecule has 1 unspecified atom stereocenters. The molecular formula is C8H7ClO3. The molecule has 0 fully saturated rings. The Morgan fingerprint density at radius 1 is 1.42 bits per heavy atom. The molecule has 0 heterocycles. The summed E-state index contributed by atoms with van der Waals surface area (Å²) < 4.78 is 0. The van der Waals surface area contributed by atoms with Crippen molar-refractivity contribution in [3.63, 3.8) is 0 Å². The number of hydrogen-bond donors (Lipinski definition) is 2. The number of aliphatic hydroxyl groups excluding tert-OH is 1. The topological polar surface area (TPSA) is 57.5 Å². The van der Waals surface area contributed by atoms with E-state index in [0.717, 1.165) is 0 Å². The lowest BCUT2D eigenvalue weighted by atomic mass is 10.1. The molecule has 1 atom stereocenters. The number of aliphatic hydroxyl groups is 1. The number of rotatable bonds is 2. The fraction of sp³-hybridized carbons (Fsp3) is 0.125. The normalized spacial score (nSPS) is 12.5. The van der Waals surface area contributed by atoms with Gasteiger partial charge >= 0.3 is 0 Å². The van der Waals surface area contributed by atoms with Crippen molar-refractivity contribution in [2.24, 2.45) is 0 Å². The molecule has 64 valence electrons. The van der Waals surface area contributed by atoms with Crippen LogP contribution in [-0.2, 0) is 0 Å². The molecule has 0 saturated heterocycles. The summed E-state index contributed by atoms with van der Waals surface area (Å²) in [6, 6.07) is 5.90. The number of phenols is 1. The summed E-state index contributed by atoms with van der Waals surface area (Å²) in [7, 11) is 0. The lowest BCUT2D eigenvalue weighted by Crippen LogP contribution is -2.13. The molecule has 1 aromatic carbocycles. The van der Waals surface area contributed by atoms with Gasteiger partial charge in [0.05, 0.1) is 5.56 Å². The zero-order chi connectivity index (χ0) is 9.14. The third kappa shape index (κ3) is 1.75. The maximum Gasteiger partial charge on any atom is 0.210 e. The SMILES string of the molecule is O=C(c1ccccc1O)C(O)Cl. The second-order valence-corrected chi connectivity index (χ2v) is 2.63. The van der Waals surface area contributed by atoms with E-state index in [1.807, 2.05) is 0 Å². The Morgan fingerprint density at radius 2 is 2.00 bits per heavy atom. The summed E-state index contributed by atoms with van der Waals surface area (Å²) in [6.45, 7) is 0. The number of phenolic OH excluding ortho intramolecular Hbond substituents is 1. The number of Topliss-reactive ketones (excluding diaryl/α,β-unsaturated/α-hetero) is 1. The number of carbonyl (C=O) groups is 1. The van der Waals surface area contributed by atoms with E-state index in [1.54, 1.807) is 12.1 Å². The van der Waals surface area contributed by atoms with Crippen molar-refractivity contribution >= 4 is 17.4 Å². The second kappa shape index (κ2) is 3.56. The Hall–Kier alpha value is -1.06. The molecule has 0 amide bonds. The molecule has 0 aromatic heterocycles. The maximum atomic E-state index is 11.0. The minimum atomic E-state index is -1.60. The molecule has 1 rings (SSSR count). The summed E-state index contributed by atoms with van der Waals surface area (Å²) in [5.41, 5.74) is -1.57. The molecule has 2 N–H and O–H groups in total. The zero-order valence-electron chi connectivity index (χ0n) is 6.07. The van der Waals surface area contributed by atoms with Crippen molar-refractivity contribution in [1.29, 1.82) is 0 Å². The summed E-state index contributed by atoms with van der Waals surface area (Å²) in [4.78, 5) is 11.0. The van der Waals surface area contributed by atoms with Crippen LogP contribution >= 0.6 is 11.6 Å². The first-order valence-corrected chi connectivity index (χ1v) is 3.71. The van der Waals surface area contributed by atoms with Crippen LogP contribution in [0.1, 0.15) is 10.4 Å². The van der Waals surface area contributed by atoms with Gasteiger partial charge in [0, 0.05) is 0 Å². The molecular weight excluding hydrogens is 180 g/mol. The predicted molar refractivity (Wildman–Crippen MR) is 44.3 cm³/mol. The predicted octanol–water partition coefficient (Wildman–Crippen LogP) is 1.13. The smallest absolute Gasteiger partial charge is 0.210 e. The van der Waals surface area contributed by atoms with E-state index in [-0.39, 0.29) is 11.3 Å². The van der Waals surface area contributed by atoms with E-state index >= 15 is 0 Å². The van der Waals surface area contributed by atoms with E-state index in [4.69, 9.17) is 21.8 Å². The number of carbonyl (C=O) groups excluding carboxylic acids is 1. The first-order valence-electron chi connectivity index (χ1n) is 3.27. The Balaban J connectivity index is 3.03. The van der Waals surface area contributed by atoms with Crippen LogP contribution in [0, 0.1) is 0 Å². The first kappa shape index (κ1) is 9.03. The van der Waals surface area contributed by atoms with Crippen LogP contribution < -0.4 is 0 Å². The second-order valence-electron chi connectivity index (χ2n) is 2.22. The highest BCUT2D eigenvalue weighted by atomic mass is 35.5. The standard InChI is InChI=1S/C8H7ClO3/c9-8(12)7(11)5-3-1-2-4-6(5)10/h1-4,8,10,12H. The third-order valence-corrected chi connectivity index (χ3v) is 1.58. The minimum absolute atomic E-state index is 0.0278. The number of para-hydroxylation sites is 1. The van der Waals surface area contributed by atoms with Crippen LogP contribution in [-0.4, -0.2) is 21.6 Å². The van der Waals surface area contributed by atoms with Gasteiger partial charge in [-0.15, -0.1) is 0 Å². The zero-order valence-corrected chi connectivity index (χ0v) is 6.82. The Kier molecular flexibility index (Phi) is 2.68. The van der Waals surface area contributed by atoms with Gasteiger partial charge in [-0.3, -0.25) is 4.79 Å². The van der Waals surface area contributed by atoms with Crippen LogP contribution in [0.2, 0.25) is 0 Å². The maximum absolute atomic E-state index is 11.0. The van der Waals surface area contributed by atoms with Crippen LogP contribution in [0.15, 0.2) is 24.3 Å². The van der Waals surface area contributed by atoms with Crippen molar-refractivity contribution in [2.45, 2.75) is 5.56 Å². The molecule has 0 bridgehead atoms. The lowest BCUT2D eigenvalue weighted by molar-refractivity contribution is 0.0857. The molecule has 3 nitrogen and oxygen atoms in total. The highest BCUT2D eigenvalue weighted by Crippen LogP contribution is 2.18. The molecule has 0 saturated carbocycles. The van der Waals surface area contributed by atoms with E-state index in [1.165, 1.54) is 12.1 Å². The Labute approximate surface area is 74.2 Å². The summed E-state index contributed by atoms with van der Waals surface area (Å²) in [5.74, 6) is -0.878. The van der Waals surface area contributed by atoms with Crippen molar-refractivity contribution in [1.82, 2.24) is 0 Å². The van der Waals surface area contributed by atoms with Gasteiger partial charge in [-0.1, -0.05) is 23.7 Å². The van der Waals surface area contributed by atoms with Gasteiger partial charge in [0.15, 0.2) is 5.56 Å². The van der Waals surface area contributed by atoms with Gasteiger partial charge in [-0.2, -0.15) is 0 Å². The van der Waals surface area contributed by atoms with Gasteiger partial charge in [0.1, 0.15) is 5.75 Å². The van der Waals surface area contributed by atoms with Gasteiger partial charge < -0.3 is 10.2 Å². The number of ketones is 1. The highest BCUT2D eigenvalue weighted by Gasteiger charge is 2.16. The fourth-order valence-corrected chi connectivity index (χ4v) is 0.928. The molecule has 0 aliphatic heterocycles. The van der Waals surface area contributed by atoms with Gasteiger partial charge in [0.2, 0.25) is 5.78 Å². The van der Waals surface area contributed by atoms with Crippen molar-refractivity contribution in [2.75, 3.05) is 0 Å². The molecule has 0 aliphatic carbocycles. The largest absolute Gasteiger partial charge is 0.507 e. The van der Waals surface area contributed by atoms with Crippen LogP contribution in [0.25, 0.3) is 0 Å². The summed E-state index contributed by atoms with van der Waals surface area (Å²) >= 11 is 5.13. The molecule has 0 radical (unpaired) electrons. The van der Waals surface area contributed by atoms with E-state index < -0.39 is 11.3 Å². The fourth-order valence-electron chi connectivity index (χ4n) is 0.810. The van der Waals surface area contributed by atoms with E-state index in [0.29, 0.717) is 0 Å². The third-order valence-electron chi connectivity index (χ3n) is 1.39. The van der Waals surface area contributed by atoms with Crippen LogP contribution in [0.3, 0.4) is 0 Å². The average molecular weight is 187 g/mol. The monoisotopic (exact) mass is 186 g/mol. The molecule has 4 heteroatoms.